The molecule has 0 atom stereocenters. The van der Waals surface area contributed by atoms with Gasteiger partial charge in [0.2, 0.25) is 0 Å². The summed E-state index contributed by atoms with van der Waals surface area (Å²) in [6, 6.07) is 31.9. The van der Waals surface area contributed by atoms with E-state index in [1.54, 1.807) is 0 Å². The molecular weight excluding hydrogens is 443 g/mol. The molecule has 0 radical (unpaired) electrons. The number of rotatable bonds is 2. The average Bonchev–Trinajstić information content (AvgIpc) is 3.35. The second-order valence-electron chi connectivity index (χ2n) is 10.7. The average molecular weight is 470 g/mol. The van der Waals surface area contributed by atoms with Crippen LogP contribution in [0.5, 0.6) is 0 Å². The van der Waals surface area contributed by atoms with Crippen LogP contribution in [0.25, 0.3) is 54.6 Å². The number of hydrogen-bond donors (Lipinski definition) is 0. The first-order chi connectivity index (χ1) is 17.4. The van der Waals surface area contributed by atoms with E-state index >= 15 is 0 Å². The van der Waals surface area contributed by atoms with Gasteiger partial charge in [0.1, 0.15) is 11.2 Å². The Morgan fingerprint density at radius 2 is 1.03 bits per heavy atom. The van der Waals surface area contributed by atoms with Gasteiger partial charge in [-0.1, -0.05) is 84.9 Å². The largest absolute Gasteiger partial charge is 0.496 e. The third-order valence-corrected chi connectivity index (χ3v) is 8.14. The van der Waals surface area contributed by atoms with Crippen LogP contribution in [0.15, 0.2) is 95.4 Å². The van der Waals surface area contributed by atoms with Crippen LogP contribution in [0.2, 0.25) is 0 Å². The summed E-state index contributed by atoms with van der Waals surface area (Å²) in [5.41, 5.74) is 4.33. The Labute approximate surface area is 210 Å². The van der Waals surface area contributed by atoms with Crippen LogP contribution in [0, 0.1) is 0 Å². The van der Waals surface area contributed by atoms with Crippen molar-refractivity contribution in [2.24, 2.45) is 0 Å². The lowest BCUT2D eigenvalue weighted by Crippen LogP contribution is -2.41. The maximum atomic E-state index is 6.58. The lowest BCUT2D eigenvalue weighted by atomic mass is 9.71. The van der Waals surface area contributed by atoms with Gasteiger partial charge < -0.3 is 13.7 Å². The van der Waals surface area contributed by atoms with Gasteiger partial charge in [-0.3, -0.25) is 0 Å². The van der Waals surface area contributed by atoms with Crippen molar-refractivity contribution in [3.05, 3.63) is 91.0 Å². The summed E-state index contributed by atoms with van der Waals surface area (Å²) in [6.07, 6.45) is 0. The van der Waals surface area contributed by atoms with Crippen LogP contribution >= 0.6 is 0 Å². The molecular formula is C32H27BO3. The molecule has 36 heavy (non-hydrogen) atoms. The zero-order valence-electron chi connectivity index (χ0n) is 21.0. The van der Waals surface area contributed by atoms with Crippen LogP contribution in [0.3, 0.4) is 0 Å². The second kappa shape index (κ2) is 7.46. The minimum atomic E-state index is -0.458. The summed E-state index contributed by atoms with van der Waals surface area (Å²) in [5.74, 6) is 0. The summed E-state index contributed by atoms with van der Waals surface area (Å²) < 4.78 is 19.6. The Morgan fingerprint density at radius 3 is 1.64 bits per heavy atom. The molecule has 2 heterocycles. The molecule has 1 saturated heterocycles. The molecule has 0 saturated carbocycles. The third-order valence-electron chi connectivity index (χ3n) is 8.14. The molecule has 0 bridgehead atoms. The number of hydrogen-bond acceptors (Lipinski definition) is 3. The van der Waals surface area contributed by atoms with Gasteiger partial charge in [-0.15, -0.1) is 0 Å². The lowest BCUT2D eigenvalue weighted by Gasteiger charge is -2.32. The van der Waals surface area contributed by atoms with Crippen molar-refractivity contribution in [2.75, 3.05) is 0 Å². The highest BCUT2D eigenvalue weighted by Crippen LogP contribution is 2.43. The summed E-state index contributed by atoms with van der Waals surface area (Å²) in [6.45, 7) is 8.42. The van der Waals surface area contributed by atoms with E-state index in [0.29, 0.717) is 0 Å². The Morgan fingerprint density at radius 1 is 0.528 bits per heavy atom. The Balaban J connectivity index is 1.59. The van der Waals surface area contributed by atoms with Crippen LogP contribution in [0.4, 0.5) is 0 Å². The predicted molar refractivity (Wildman–Crippen MR) is 150 cm³/mol. The van der Waals surface area contributed by atoms with Crippen molar-refractivity contribution in [3.8, 4) is 11.1 Å². The van der Waals surface area contributed by atoms with Crippen molar-refractivity contribution in [1.82, 2.24) is 0 Å². The normalized spacial score (nSPS) is 17.1. The molecule has 176 valence electrons. The van der Waals surface area contributed by atoms with Gasteiger partial charge >= 0.3 is 7.12 Å². The van der Waals surface area contributed by atoms with E-state index in [9.17, 15) is 0 Å². The standard InChI is InChI=1S/C32H27BO3/c1-31(2)32(3,4)36-33(35-31)29-23-15-7-5-13-21(23)28(22-14-6-8-16-24(22)29)26-18-11-17-25-20-12-9-10-19-27(20)34-30(25)26/h5-19H,1-4H3. The van der Waals surface area contributed by atoms with Crippen LogP contribution in [-0.4, -0.2) is 18.3 Å². The first-order valence-corrected chi connectivity index (χ1v) is 12.6. The van der Waals surface area contributed by atoms with E-state index in [4.69, 9.17) is 13.7 Å². The van der Waals surface area contributed by atoms with E-state index < -0.39 is 18.3 Å². The van der Waals surface area contributed by atoms with E-state index in [-0.39, 0.29) is 0 Å². The van der Waals surface area contributed by atoms with E-state index in [1.807, 2.05) is 12.1 Å². The Hall–Kier alpha value is -3.60. The van der Waals surface area contributed by atoms with Crippen molar-refractivity contribution >= 4 is 56.1 Å². The first kappa shape index (κ1) is 21.7. The summed E-state index contributed by atoms with van der Waals surface area (Å²) in [7, 11) is -0.458. The molecule has 1 aromatic heterocycles. The predicted octanol–water partition coefficient (Wildman–Crippen LogP) is 7.86. The molecule has 4 heteroatoms. The fourth-order valence-electron chi connectivity index (χ4n) is 5.61. The highest BCUT2D eigenvalue weighted by molar-refractivity contribution is 6.69. The molecule has 1 aliphatic rings. The van der Waals surface area contributed by atoms with Crippen LogP contribution in [-0.2, 0) is 9.31 Å². The van der Waals surface area contributed by atoms with Crippen molar-refractivity contribution in [3.63, 3.8) is 0 Å². The monoisotopic (exact) mass is 470 g/mol. The van der Waals surface area contributed by atoms with Crippen molar-refractivity contribution < 1.29 is 13.7 Å². The number of benzene rings is 5. The second-order valence-corrected chi connectivity index (χ2v) is 10.7. The van der Waals surface area contributed by atoms with Gasteiger partial charge in [0, 0.05) is 21.9 Å². The highest BCUT2D eigenvalue weighted by atomic mass is 16.7. The summed E-state index contributed by atoms with van der Waals surface area (Å²) in [5, 5.41) is 6.86. The quantitative estimate of drug-likeness (QED) is 0.191. The molecule has 0 unspecified atom stereocenters. The van der Waals surface area contributed by atoms with Gasteiger partial charge in [-0.25, -0.2) is 0 Å². The van der Waals surface area contributed by atoms with Gasteiger partial charge in [-0.2, -0.15) is 0 Å². The number of para-hydroxylation sites is 2. The van der Waals surface area contributed by atoms with Gasteiger partial charge in [0.25, 0.3) is 0 Å². The number of furan rings is 1. The molecule has 5 aromatic carbocycles. The molecule has 3 nitrogen and oxygen atoms in total. The van der Waals surface area contributed by atoms with E-state index in [1.165, 1.54) is 5.56 Å². The minimum absolute atomic E-state index is 0.418. The molecule has 1 fully saturated rings. The zero-order valence-corrected chi connectivity index (χ0v) is 21.0. The molecule has 0 N–H and O–H groups in total. The van der Waals surface area contributed by atoms with E-state index in [2.05, 4.69) is 107 Å². The van der Waals surface area contributed by atoms with Gasteiger partial charge in [0.15, 0.2) is 0 Å². The Bertz CT molecular complexity index is 1740. The summed E-state index contributed by atoms with van der Waals surface area (Å²) in [4.78, 5) is 0. The minimum Gasteiger partial charge on any atom is -0.455 e. The molecule has 0 amide bonds. The zero-order chi connectivity index (χ0) is 24.7. The maximum Gasteiger partial charge on any atom is 0.496 e. The topological polar surface area (TPSA) is 31.6 Å². The molecule has 0 aliphatic carbocycles. The Kier molecular flexibility index (Phi) is 4.49. The molecule has 1 aliphatic heterocycles. The fourth-order valence-corrected chi connectivity index (χ4v) is 5.61. The highest BCUT2D eigenvalue weighted by Gasteiger charge is 2.52. The molecule has 7 rings (SSSR count). The molecule has 0 spiro atoms. The number of fused-ring (bicyclic) bond motifs is 5. The maximum absolute atomic E-state index is 6.58. The van der Waals surface area contributed by atoms with E-state index in [0.717, 1.165) is 54.5 Å². The van der Waals surface area contributed by atoms with Crippen molar-refractivity contribution in [1.29, 1.82) is 0 Å². The van der Waals surface area contributed by atoms with Gasteiger partial charge in [-0.05, 0) is 60.8 Å². The van der Waals surface area contributed by atoms with Crippen LogP contribution < -0.4 is 5.46 Å². The first-order valence-electron chi connectivity index (χ1n) is 12.6. The smallest absolute Gasteiger partial charge is 0.455 e. The van der Waals surface area contributed by atoms with Crippen molar-refractivity contribution in [2.45, 2.75) is 38.9 Å². The molecule has 6 aromatic rings. The SMILES string of the molecule is CC1(C)OB(c2c3ccccc3c(-c3cccc4c3oc3ccccc34)c3ccccc23)OC1(C)C. The summed E-state index contributed by atoms with van der Waals surface area (Å²) >= 11 is 0. The third kappa shape index (κ3) is 2.95. The lowest BCUT2D eigenvalue weighted by molar-refractivity contribution is 0.00578. The van der Waals surface area contributed by atoms with Gasteiger partial charge in [0.05, 0.1) is 11.2 Å². The van der Waals surface area contributed by atoms with Crippen LogP contribution in [0.1, 0.15) is 27.7 Å². The fraction of sp³-hybridized carbons (Fsp3) is 0.188.